The third-order valence-electron chi connectivity index (χ3n) is 2.03. The van der Waals surface area contributed by atoms with E-state index in [1.54, 1.807) is 6.07 Å². The highest BCUT2D eigenvalue weighted by Gasteiger charge is 2.09. The van der Waals surface area contributed by atoms with Crippen LogP contribution in [-0.2, 0) is 6.54 Å². The fourth-order valence-electron chi connectivity index (χ4n) is 1.24. The highest BCUT2D eigenvalue weighted by molar-refractivity contribution is 9.10. The van der Waals surface area contributed by atoms with Gasteiger partial charge >= 0.3 is 0 Å². The predicted octanol–water partition coefficient (Wildman–Crippen LogP) is 2.63. The first-order chi connectivity index (χ1) is 8.20. The average Bonchev–Trinajstić information content (AvgIpc) is 2.34. The van der Waals surface area contributed by atoms with Gasteiger partial charge in [-0.25, -0.2) is 9.37 Å². The van der Waals surface area contributed by atoms with Crippen LogP contribution in [0.4, 0.5) is 4.39 Å². The van der Waals surface area contributed by atoms with Crippen molar-refractivity contribution in [3.8, 4) is 11.6 Å². The maximum Gasteiger partial charge on any atom is 0.242 e. The summed E-state index contributed by atoms with van der Waals surface area (Å²) >= 11 is 3.26. The molecule has 0 saturated carbocycles. The molecule has 2 aromatic rings. The van der Waals surface area contributed by atoms with Crippen LogP contribution in [0.1, 0.15) is 5.69 Å². The van der Waals surface area contributed by atoms with Crippen LogP contribution in [0.2, 0.25) is 0 Å². The van der Waals surface area contributed by atoms with Crippen molar-refractivity contribution in [2.24, 2.45) is 5.73 Å². The van der Waals surface area contributed by atoms with Gasteiger partial charge in [0, 0.05) is 25.0 Å². The fourth-order valence-corrected chi connectivity index (χ4v) is 1.57. The first-order valence-corrected chi connectivity index (χ1v) is 5.63. The minimum absolute atomic E-state index is 0.204. The summed E-state index contributed by atoms with van der Waals surface area (Å²) in [6, 6.07) is 4.15. The maximum absolute atomic E-state index is 13.1. The van der Waals surface area contributed by atoms with Crippen LogP contribution in [0.15, 0.2) is 35.1 Å². The Kier molecular flexibility index (Phi) is 3.65. The predicted molar refractivity (Wildman–Crippen MR) is 64.1 cm³/mol. The van der Waals surface area contributed by atoms with Gasteiger partial charge in [0.15, 0.2) is 0 Å². The Bertz CT molecular complexity index is 536. The molecule has 0 aliphatic rings. The molecule has 2 N–H and O–H groups in total. The second-order valence-electron chi connectivity index (χ2n) is 3.19. The van der Waals surface area contributed by atoms with Crippen LogP contribution >= 0.6 is 15.9 Å². The van der Waals surface area contributed by atoms with Crippen LogP contribution in [-0.4, -0.2) is 9.97 Å². The minimum Gasteiger partial charge on any atom is -0.436 e. The number of hydrogen-bond donors (Lipinski definition) is 1. The molecule has 1 aromatic heterocycles. The summed E-state index contributed by atoms with van der Waals surface area (Å²) in [4.78, 5) is 8.03. The van der Waals surface area contributed by atoms with Crippen molar-refractivity contribution >= 4 is 15.9 Å². The third kappa shape index (κ3) is 2.78. The summed E-state index contributed by atoms with van der Waals surface area (Å²) in [7, 11) is 0. The third-order valence-corrected chi connectivity index (χ3v) is 2.68. The molecule has 0 aliphatic carbocycles. The summed E-state index contributed by atoms with van der Waals surface area (Å²) in [6.45, 7) is 0.204. The van der Waals surface area contributed by atoms with E-state index in [4.69, 9.17) is 10.5 Å². The molecule has 2 rings (SSSR count). The van der Waals surface area contributed by atoms with E-state index in [1.165, 1.54) is 24.5 Å². The van der Waals surface area contributed by atoms with Gasteiger partial charge in [0.2, 0.25) is 5.88 Å². The van der Waals surface area contributed by atoms with E-state index in [0.29, 0.717) is 15.9 Å². The lowest BCUT2D eigenvalue weighted by atomic mass is 10.3. The van der Waals surface area contributed by atoms with Gasteiger partial charge in [0.1, 0.15) is 17.3 Å². The van der Waals surface area contributed by atoms with Gasteiger partial charge in [0.25, 0.3) is 0 Å². The van der Waals surface area contributed by atoms with Crippen LogP contribution in [0.3, 0.4) is 0 Å². The molecule has 1 heterocycles. The van der Waals surface area contributed by atoms with Crippen molar-refractivity contribution in [2.45, 2.75) is 6.54 Å². The van der Waals surface area contributed by atoms with Crippen LogP contribution in [0.25, 0.3) is 0 Å². The lowest BCUT2D eigenvalue weighted by molar-refractivity contribution is 0.445. The van der Waals surface area contributed by atoms with Crippen molar-refractivity contribution < 1.29 is 9.13 Å². The number of hydrogen-bond acceptors (Lipinski definition) is 4. The molecule has 0 bridgehead atoms. The number of ether oxygens (including phenoxy) is 1. The molecule has 88 valence electrons. The fraction of sp³-hybridized carbons (Fsp3) is 0.0909. The number of aromatic nitrogens is 2. The number of rotatable bonds is 3. The zero-order valence-electron chi connectivity index (χ0n) is 8.73. The Morgan fingerprint density at radius 1 is 1.29 bits per heavy atom. The Morgan fingerprint density at radius 3 is 2.82 bits per heavy atom. The molecule has 0 saturated heterocycles. The van der Waals surface area contributed by atoms with Gasteiger partial charge in [-0.3, -0.25) is 4.98 Å². The average molecular weight is 298 g/mol. The number of halogens is 2. The van der Waals surface area contributed by atoms with Gasteiger partial charge in [-0.05, 0) is 28.1 Å². The largest absolute Gasteiger partial charge is 0.436 e. The van der Waals surface area contributed by atoms with Gasteiger partial charge in [-0.2, -0.15) is 0 Å². The molecular weight excluding hydrogens is 289 g/mol. The van der Waals surface area contributed by atoms with E-state index < -0.39 is 0 Å². The van der Waals surface area contributed by atoms with Crippen LogP contribution in [0, 0.1) is 5.82 Å². The Hall–Kier alpha value is -1.53. The van der Waals surface area contributed by atoms with E-state index in [1.807, 2.05) is 0 Å². The monoisotopic (exact) mass is 297 g/mol. The van der Waals surface area contributed by atoms with Gasteiger partial charge in [-0.15, -0.1) is 0 Å². The molecular formula is C11H9BrFN3O. The van der Waals surface area contributed by atoms with Crippen molar-refractivity contribution in [1.82, 2.24) is 9.97 Å². The highest BCUT2D eigenvalue weighted by atomic mass is 79.9. The maximum atomic E-state index is 13.1. The number of nitrogens with zero attached hydrogens (tertiary/aromatic N) is 2. The Labute approximate surface area is 106 Å². The first-order valence-electron chi connectivity index (χ1n) is 4.83. The van der Waals surface area contributed by atoms with Gasteiger partial charge < -0.3 is 10.5 Å². The van der Waals surface area contributed by atoms with E-state index in [9.17, 15) is 4.39 Å². The molecule has 6 heteroatoms. The number of nitrogens with two attached hydrogens (primary N) is 1. The molecule has 0 radical (unpaired) electrons. The smallest absolute Gasteiger partial charge is 0.242 e. The van der Waals surface area contributed by atoms with E-state index >= 15 is 0 Å². The zero-order chi connectivity index (χ0) is 12.3. The van der Waals surface area contributed by atoms with Crippen LogP contribution < -0.4 is 10.5 Å². The highest BCUT2D eigenvalue weighted by Crippen LogP contribution is 2.30. The molecule has 0 aliphatic heterocycles. The summed E-state index contributed by atoms with van der Waals surface area (Å²) in [6.07, 6.45) is 3.01. The summed E-state index contributed by atoms with van der Waals surface area (Å²) in [5.41, 5.74) is 6.02. The molecule has 1 aromatic carbocycles. The quantitative estimate of drug-likeness (QED) is 0.946. The SMILES string of the molecule is NCc1nccnc1Oc1cc(F)ccc1Br. The number of benzene rings is 1. The molecule has 4 nitrogen and oxygen atoms in total. The molecule has 0 fully saturated rings. The van der Waals surface area contributed by atoms with Crippen LogP contribution in [0.5, 0.6) is 11.6 Å². The summed E-state index contributed by atoms with van der Waals surface area (Å²) < 4.78 is 19.2. The second-order valence-corrected chi connectivity index (χ2v) is 4.04. The van der Waals surface area contributed by atoms with E-state index in [0.717, 1.165) is 0 Å². The molecule has 0 spiro atoms. The van der Waals surface area contributed by atoms with Crippen molar-refractivity contribution in [3.63, 3.8) is 0 Å². The molecule has 0 unspecified atom stereocenters. The topological polar surface area (TPSA) is 61.0 Å². The zero-order valence-corrected chi connectivity index (χ0v) is 10.3. The van der Waals surface area contributed by atoms with E-state index in [-0.39, 0.29) is 18.2 Å². The van der Waals surface area contributed by atoms with Crippen molar-refractivity contribution in [2.75, 3.05) is 0 Å². The van der Waals surface area contributed by atoms with Crippen molar-refractivity contribution in [3.05, 3.63) is 46.6 Å². The first kappa shape index (κ1) is 11.9. The minimum atomic E-state index is -0.388. The lowest BCUT2D eigenvalue weighted by Gasteiger charge is -2.09. The lowest BCUT2D eigenvalue weighted by Crippen LogP contribution is -2.03. The summed E-state index contributed by atoms with van der Waals surface area (Å²) in [5.74, 6) is 0.225. The second kappa shape index (κ2) is 5.20. The van der Waals surface area contributed by atoms with Gasteiger partial charge in [-0.1, -0.05) is 0 Å². The van der Waals surface area contributed by atoms with E-state index in [2.05, 4.69) is 25.9 Å². The summed E-state index contributed by atoms with van der Waals surface area (Å²) in [5, 5.41) is 0. The molecule has 17 heavy (non-hydrogen) atoms. The Morgan fingerprint density at radius 2 is 2.06 bits per heavy atom. The normalized spacial score (nSPS) is 10.3. The van der Waals surface area contributed by atoms with Crippen molar-refractivity contribution in [1.29, 1.82) is 0 Å². The molecule has 0 atom stereocenters. The standard InChI is InChI=1S/C11H9BrFN3O/c12-8-2-1-7(13)5-10(8)17-11-9(6-14)15-3-4-16-11/h1-5H,6,14H2. The molecule has 0 amide bonds. The Balaban J connectivity index is 2.34. The van der Waals surface area contributed by atoms with Gasteiger partial charge in [0.05, 0.1) is 4.47 Å².